The number of nitrogens with zero attached hydrogens (tertiary/aromatic N) is 1. The van der Waals surface area contributed by atoms with Gasteiger partial charge in [-0.3, -0.25) is 4.90 Å². The highest BCUT2D eigenvalue weighted by molar-refractivity contribution is 5.33. The molecule has 1 heterocycles. The predicted molar refractivity (Wildman–Crippen MR) is 87.1 cm³/mol. The van der Waals surface area contributed by atoms with E-state index in [9.17, 15) is 0 Å². The van der Waals surface area contributed by atoms with E-state index in [0.717, 1.165) is 18.5 Å². The van der Waals surface area contributed by atoms with Gasteiger partial charge in [0.1, 0.15) is 0 Å². The minimum absolute atomic E-state index is 0.439. The van der Waals surface area contributed by atoms with Gasteiger partial charge in [0.15, 0.2) is 0 Å². The van der Waals surface area contributed by atoms with Gasteiger partial charge in [-0.1, -0.05) is 37.6 Å². The summed E-state index contributed by atoms with van der Waals surface area (Å²) in [6.07, 6.45) is 2.72. The van der Waals surface area contributed by atoms with Crippen LogP contribution >= 0.6 is 0 Å². The third-order valence-electron chi connectivity index (χ3n) is 4.76. The Morgan fingerprint density at radius 1 is 1.30 bits per heavy atom. The third-order valence-corrected chi connectivity index (χ3v) is 4.76. The quantitative estimate of drug-likeness (QED) is 0.881. The predicted octanol–water partition coefficient (Wildman–Crippen LogP) is 3.68. The van der Waals surface area contributed by atoms with Gasteiger partial charge in [-0.2, -0.15) is 0 Å². The first kappa shape index (κ1) is 15.5. The summed E-state index contributed by atoms with van der Waals surface area (Å²) in [6, 6.07) is 8.00. The maximum absolute atomic E-state index is 3.53. The van der Waals surface area contributed by atoms with Crippen LogP contribution in [0.1, 0.15) is 49.4 Å². The number of hydrogen-bond donors (Lipinski definition) is 1. The van der Waals surface area contributed by atoms with E-state index in [2.05, 4.69) is 63.2 Å². The topological polar surface area (TPSA) is 15.3 Å². The van der Waals surface area contributed by atoms with Crippen molar-refractivity contribution in [3.8, 4) is 0 Å². The molecule has 1 saturated heterocycles. The SMILES string of the molecule is CNC(CN1CCCC1C(C)C)c1cc(C)ccc1C. The first-order chi connectivity index (χ1) is 9.52. The third kappa shape index (κ3) is 3.42. The van der Waals surface area contributed by atoms with Gasteiger partial charge in [0, 0.05) is 18.6 Å². The molecular formula is C18H30N2. The van der Waals surface area contributed by atoms with Crippen molar-refractivity contribution in [2.45, 2.75) is 52.6 Å². The lowest BCUT2D eigenvalue weighted by molar-refractivity contribution is 0.188. The van der Waals surface area contributed by atoms with E-state index in [0.29, 0.717) is 6.04 Å². The van der Waals surface area contributed by atoms with Crippen LogP contribution in [0.2, 0.25) is 0 Å². The van der Waals surface area contributed by atoms with Crippen LogP contribution < -0.4 is 5.32 Å². The van der Waals surface area contributed by atoms with Crippen LogP contribution in [0.5, 0.6) is 0 Å². The first-order valence-electron chi connectivity index (χ1n) is 8.01. The Hall–Kier alpha value is -0.860. The second-order valence-corrected chi connectivity index (χ2v) is 6.65. The van der Waals surface area contributed by atoms with Gasteiger partial charge < -0.3 is 5.32 Å². The Kier molecular flexibility index (Phi) is 5.22. The minimum Gasteiger partial charge on any atom is -0.312 e. The van der Waals surface area contributed by atoms with E-state index in [1.807, 2.05) is 0 Å². The summed E-state index contributed by atoms with van der Waals surface area (Å²) >= 11 is 0. The Morgan fingerprint density at radius 2 is 2.05 bits per heavy atom. The van der Waals surface area contributed by atoms with Crippen molar-refractivity contribution in [3.63, 3.8) is 0 Å². The molecule has 2 rings (SSSR count). The summed E-state index contributed by atoms with van der Waals surface area (Å²) in [5.74, 6) is 0.758. The summed E-state index contributed by atoms with van der Waals surface area (Å²) in [5, 5.41) is 3.53. The van der Waals surface area contributed by atoms with Gasteiger partial charge in [-0.05, 0) is 57.3 Å². The molecule has 0 radical (unpaired) electrons. The molecule has 0 aromatic heterocycles. The molecule has 0 saturated carbocycles. The van der Waals surface area contributed by atoms with Crippen molar-refractivity contribution in [3.05, 3.63) is 34.9 Å². The molecule has 2 unspecified atom stereocenters. The van der Waals surface area contributed by atoms with Gasteiger partial charge in [0.25, 0.3) is 0 Å². The summed E-state index contributed by atoms with van der Waals surface area (Å²) in [6.45, 7) is 11.5. The Labute approximate surface area is 124 Å². The van der Waals surface area contributed by atoms with Crippen LogP contribution in [0.4, 0.5) is 0 Å². The number of likely N-dealkylation sites (tertiary alicyclic amines) is 1. The molecule has 1 aliphatic rings. The fraction of sp³-hybridized carbons (Fsp3) is 0.667. The van der Waals surface area contributed by atoms with Gasteiger partial charge in [0.05, 0.1) is 0 Å². The van der Waals surface area contributed by atoms with E-state index in [4.69, 9.17) is 0 Å². The molecule has 20 heavy (non-hydrogen) atoms. The van der Waals surface area contributed by atoms with Gasteiger partial charge in [0.2, 0.25) is 0 Å². The number of rotatable bonds is 5. The average Bonchev–Trinajstić information content (AvgIpc) is 2.87. The molecule has 0 amide bonds. The lowest BCUT2D eigenvalue weighted by atomic mass is 9.97. The van der Waals surface area contributed by atoms with Crippen molar-refractivity contribution in [1.29, 1.82) is 0 Å². The molecule has 1 N–H and O–H groups in total. The highest BCUT2D eigenvalue weighted by Crippen LogP contribution is 2.27. The molecule has 1 aromatic carbocycles. The van der Waals surface area contributed by atoms with Crippen LogP contribution in [0.3, 0.4) is 0 Å². The first-order valence-corrected chi connectivity index (χ1v) is 8.01. The zero-order valence-corrected chi connectivity index (χ0v) is 13.7. The molecule has 1 fully saturated rings. The van der Waals surface area contributed by atoms with Crippen LogP contribution in [0.15, 0.2) is 18.2 Å². The fourth-order valence-electron chi connectivity index (χ4n) is 3.55. The zero-order chi connectivity index (χ0) is 14.7. The molecule has 2 atom stereocenters. The second kappa shape index (κ2) is 6.73. The Balaban J connectivity index is 2.14. The van der Waals surface area contributed by atoms with Gasteiger partial charge >= 0.3 is 0 Å². The van der Waals surface area contributed by atoms with Crippen molar-refractivity contribution >= 4 is 0 Å². The minimum atomic E-state index is 0.439. The van der Waals surface area contributed by atoms with Crippen molar-refractivity contribution < 1.29 is 0 Å². The lowest BCUT2D eigenvalue weighted by Crippen LogP contribution is -2.39. The van der Waals surface area contributed by atoms with E-state index in [1.165, 1.54) is 36.1 Å². The second-order valence-electron chi connectivity index (χ2n) is 6.65. The van der Waals surface area contributed by atoms with E-state index in [-0.39, 0.29) is 0 Å². The molecule has 0 aliphatic carbocycles. The molecule has 0 spiro atoms. The highest BCUT2D eigenvalue weighted by atomic mass is 15.2. The number of likely N-dealkylation sites (N-methyl/N-ethyl adjacent to an activating group) is 1. The number of aryl methyl sites for hydroxylation is 2. The Bertz CT molecular complexity index is 439. The standard InChI is InChI=1S/C18H30N2/c1-13(2)18-7-6-10-20(18)12-17(19-5)16-11-14(3)8-9-15(16)4/h8-9,11,13,17-19H,6-7,10,12H2,1-5H3. The molecule has 2 heteroatoms. The van der Waals surface area contributed by atoms with Crippen LogP contribution in [0, 0.1) is 19.8 Å². The maximum atomic E-state index is 3.53. The molecule has 112 valence electrons. The van der Waals surface area contributed by atoms with Crippen LogP contribution in [-0.2, 0) is 0 Å². The maximum Gasteiger partial charge on any atom is 0.0449 e. The smallest absolute Gasteiger partial charge is 0.0449 e. The van der Waals surface area contributed by atoms with Crippen LogP contribution in [0.25, 0.3) is 0 Å². The molecule has 1 aromatic rings. The van der Waals surface area contributed by atoms with Gasteiger partial charge in [-0.25, -0.2) is 0 Å². The monoisotopic (exact) mass is 274 g/mol. The molecule has 0 bridgehead atoms. The zero-order valence-electron chi connectivity index (χ0n) is 13.7. The number of benzene rings is 1. The summed E-state index contributed by atoms with van der Waals surface area (Å²) in [7, 11) is 2.09. The summed E-state index contributed by atoms with van der Waals surface area (Å²) in [4.78, 5) is 2.69. The Morgan fingerprint density at radius 3 is 2.70 bits per heavy atom. The van der Waals surface area contributed by atoms with Crippen molar-refractivity contribution in [2.75, 3.05) is 20.1 Å². The van der Waals surface area contributed by atoms with Gasteiger partial charge in [-0.15, -0.1) is 0 Å². The number of nitrogens with one attached hydrogen (secondary N) is 1. The highest BCUT2D eigenvalue weighted by Gasteiger charge is 2.29. The average molecular weight is 274 g/mol. The molecular weight excluding hydrogens is 244 g/mol. The van der Waals surface area contributed by atoms with E-state index >= 15 is 0 Å². The van der Waals surface area contributed by atoms with E-state index in [1.54, 1.807) is 0 Å². The number of hydrogen-bond acceptors (Lipinski definition) is 2. The fourth-order valence-corrected chi connectivity index (χ4v) is 3.55. The normalized spacial score (nSPS) is 21.6. The summed E-state index contributed by atoms with van der Waals surface area (Å²) < 4.78 is 0. The molecule has 1 aliphatic heterocycles. The molecule has 2 nitrogen and oxygen atoms in total. The summed E-state index contributed by atoms with van der Waals surface area (Å²) in [5.41, 5.74) is 4.21. The lowest BCUT2D eigenvalue weighted by Gasteiger charge is -2.32. The van der Waals surface area contributed by atoms with Crippen LogP contribution in [-0.4, -0.2) is 31.1 Å². The van der Waals surface area contributed by atoms with Crippen molar-refractivity contribution in [1.82, 2.24) is 10.2 Å². The van der Waals surface area contributed by atoms with Crippen molar-refractivity contribution in [2.24, 2.45) is 5.92 Å². The largest absolute Gasteiger partial charge is 0.312 e. The van der Waals surface area contributed by atoms with E-state index < -0.39 is 0 Å².